The Morgan fingerprint density at radius 1 is 1.13 bits per heavy atom. The molecule has 82 valence electrons. The number of nitrogens with one attached hydrogen (secondary N) is 1. The van der Waals surface area contributed by atoms with Crippen LogP contribution >= 0.6 is 0 Å². The van der Waals surface area contributed by atoms with Crippen LogP contribution < -0.4 is 10.1 Å². The van der Waals surface area contributed by atoms with Crippen LogP contribution in [0.4, 0.5) is 0 Å². The van der Waals surface area contributed by atoms with Gasteiger partial charge in [-0.05, 0) is 38.4 Å². The maximum atomic E-state index is 6.00. The van der Waals surface area contributed by atoms with Crippen LogP contribution in [0.25, 0.3) is 0 Å². The van der Waals surface area contributed by atoms with Crippen molar-refractivity contribution < 1.29 is 4.74 Å². The fourth-order valence-electron chi connectivity index (χ4n) is 2.24. The van der Waals surface area contributed by atoms with E-state index in [0.717, 1.165) is 5.75 Å². The van der Waals surface area contributed by atoms with E-state index in [1.807, 2.05) is 37.4 Å². The molecular weight excluding hydrogens is 186 g/mol. The molecule has 0 aliphatic heterocycles. The molecule has 1 saturated carbocycles. The summed E-state index contributed by atoms with van der Waals surface area (Å²) in [5.74, 6) is 0.990. The van der Waals surface area contributed by atoms with Crippen LogP contribution in [-0.4, -0.2) is 19.2 Å². The lowest BCUT2D eigenvalue weighted by molar-refractivity contribution is 0.118. The van der Waals surface area contributed by atoms with Gasteiger partial charge in [-0.2, -0.15) is 0 Å². The first-order valence-electron chi connectivity index (χ1n) is 5.79. The van der Waals surface area contributed by atoms with Crippen LogP contribution in [0.1, 0.15) is 25.7 Å². The van der Waals surface area contributed by atoms with E-state index in [9.17, 15) is 0 Å². The van der Waals surface area contributed by atoms with Crippen molar-refractivity contribution in [2.24, 2.45) is 0 Å². The number of likely N-dealkylation sites (N-methyl/N-ethyl adjacent to an activating group) is 1. The van der Waals surface area contributed by atoms with Crippen LogP contribution in [0.15, 0.2) is 30.3 Å². The number of hydrogen-bond donors (Lipinski definition) is 1. The quantitative estimate of drug-likeness (QED) is 0.819. The van der Waals surface area contributed by atoms with Crippen molar-refractivity contribution in [3.05, 3.63) is 30.3 Å². The number of benzene rings is 1. The van der Waals surface area contributed by atoms with Gasteiger partial charge < -0.3 is 10.1 Å². The molecule has 0 heterocycles. The van der Waals surface area contributed by atoms with Crippen molar-refractivity contribution in [2.45, 2.75) is 37.8 Å². The number of para-hydroxylation sites is 1. The molecule has 0 saturated heterocycles. The van der Waals surface area contributed by atoms with Gasteiger partial charge in [-0.1, -0.05) is 24.6 Å². The minimum atomic E-state index is 0.339. The fraction of sp³-hybridized carbons (Fsp3) is 0.538. The molecule has 15 heavy (non-hydrogen) atoms. The average molecular weight is 205 g/mol. The van der Waals surface area contributed by atoms with Crippen molar-refractivity contribution in [1.82, 2.24) is 5.32 Å². The lowest BCUT2D eigenvalue weighted by Gasteiger charge is -2.31. The minimum absolute atomic E-state index is 0.339. The molecule has 0 aromatic heterocycles. The summed E-state index contributed by atoms with van der Waals surface area (Å²) in [5, 5.41) is 3.35. The maximum Gasteiger partial charge on any atom is 0.119 e. The van der Waals surface area contributed by atoms with Crippen molar-refractivity contribution >= 4 is 0 Å². The molecule has 2 heteroatoms. The van der Waals surface area contributed by atoms with E-state index in [2.05, 4.69) is 5.32 Å². The van der Waals surface area contributed by atoms with Crippen molar-refractivity contribution in [2.75, 3.05) is 7.05 Å². The lowest BCUT2D eigenvalue weighted by atomic mass is 9.92. The van der Waals surface area contributed by atoms with Crippen molar-refractivity contribution in [3.63, 3.8) is 0 Å². The number of rotatable bonds is 3. The van der Waals surface area contributed by atoms with E-state index >= 15 is 0 Å². The minimum Gasteiger partial charge on any atom is -0.489 e. The third-order valence-corrected chi connectivity index (χ3v) is 3.10. The number of hydrogen-bond acceptors (Lipinski definition) is 2. The third-order valence-electron chi connectivity index (χ3n) is 3.10. The second-order valence-corrected chi connectivity index (χ2v) is 4.15. The summed E-state index contributed by atoms with van der Waals surface area (Å²) >= 11 is 0. The summed E-state index contributed by atoms with van der Waals surface area (Å²) in [4.78, 5) is 0. The molecule has 1 aliphatic rings. The molecule has 2 rings (SSSR count). The third kappa shape index (κ3) is 2.72. The molecule has 1 aromatic rings. The zero-order chi connectivity index (χ0) is 10.5. The standard InChI is InChI=1S/C13H19NO/c1-14-12-9-5-6-10-13(12)15-11-7-3-2-4-8-11/h2-4,7-8,12-14H,5-6,9-10H2,1H3. The van der Waals surface area contributed by atoms with E-state index in [-0.39, 0.29) is 0 Å². The van der Waals surface area contributed by atoms with Crippen LogP contribution in [0.2, 0.25) is 0 Å². The molecular formula is C13H19NO. The van der Waals surface area contributed by atoms with E-state index in [1.165, 1.54) is 25.7 Å². The molecule has 2 unspecified atom stereocenters. The SMILES string of the molecule is CNC1CCCCC1Oc1ccccc1. The van der Waals surface area contributed by atoms with Gasteiger partial charge in [0.05, 0.1) is 0 Å². The van der Waals surface area contributed by atoms with Gasteiger partial charge >= 0.3 is 0 Å². The van der Waals surface area contributed by atoms with Gasteiger partial charge in [0.1, 0.15) is 11.9 Å². The molecule has 1 N–H and O–H groups in total. The molecule has 1 aromatic carbocycles. The van der Waals surface area contributed by atoms with Gasteiger partial charge in [0.25, 0.3) is 0 Å². The highest BCUT2D eigenvalue weighted by molar-refractivity contribution is 5.21. The predicted octanol–water partition coefficient (Wildman–Crippen LogP) is 2.60. The molecule has 0 spiro atoms. The van der Waals surface area contributed by atoms with Gasteiger partial charge in [0.15, 0.2) is 0 Å². The lowest BCUT2D eigenvalue weighted by Crippen LogP contribution is -2.43. The van der Waals surface area contributed by atoms with E-state index < -0.39 is 0 Å². The van der Waals surface area contributed by atoms with Gasteiger partial charge in [0.2, 0.25) is 0 Å². The van der Waals surface area contributed by atoms with Gasteiger partial charge in [-0.15, -0.1) is 0 Å². The van der Waals surface area contributed by atoms with E-state index in [0.29, 0.717) is 12.1 Å². The molecule has 2 nitrogen and oxygen atoms in total. The van der Waals surface area contributed by atoms with Gasteiger partial charge in [0, 0.05) is 6.04 Å². The van der Waals surface area contributed by atoms with Gasteiger partial charge in [-0.3, -0.25) is 0 Å². The monoisotopic (exact) mass is 205 g/mol. The van der Waals surface area contributed by atoms with E-state index in [1.54, 1.807) is 0 Å². The first kappa shape index (κ1) is 10.5. The fourth-order valence-corrected chi connectivity index (χ4v) is 2.24. The Hall–Kier alpha value is -1.02. The normalized spacial score (nSPS) is 26.2. The highest BCUT2D eigenvalue weighted by atomic mass is 16.5. The predicted molar refractivity (Wildman–Crippen MR) is 62.2 cm³/mol. The van der Waals surface area contributed by atoms with Crippen LogP contribution in [0, 0.1) is 0 Å². The van der Waals surface area contributed by atoms with Crippen molar-refractivity contribution in [3.8, 4) is 5.75 Å². The maximum absolute atomic E-state index is 6.00. The summed E-state index contributed by atoms with van der Waals surface area (Å²) in [7, 11) is 2.03. The van der Waals surface area contributed by atoms with Crippen molar-refractivity contribution in [1.29, 1.82) is 0 Å². The first-order valence-corrected chi connectivity index (χ1v) is 5.79. The Morgan fingerprint density at radius 2 is 1.87 bits per heavy atom. The molecule has 0 radical (unpaired) electrons. The molecule has 1 fully saturated rings. The first-order chi connectivity index (χ1) is 7.40. The Kier molecular flexibility index (Phi) is 3.62. The topological polar surface area (TPSA) is 21.3 Å². The Labute approximate surface area is 91.6 Å². The Balaban J connectivity index is 1.97. The van der Waals surface area contributed by atoms with E-state index in [4.69, 9.17) is 4.74 Å². The number of ether oxygens (including phenoxy) is 1. The molecule has 0 amide bonds. The highest BCUT2D eigenvalue weighted by Gasteiger charge is 2.24. The molecule has 1 aliphatic carbocycles. The van der Waals surface area contributed by atoms with Gasteiger partial charge in [-0.25, -0.2) is 0 Å². The second-order valence-electron chi connectivity index (χ2n) is 4.15. The van der Waals surface area contributed by atoms with Crippen LogP contribution in [-0.2, 0) is 0 Å². The highest BCUT2D eigenvalue weighted by Crippen LogP contribution is 2.23. The summed E-state index contributed by atoms with van der Waals surface area (Å²) in [6.45, 7) is 0. The van der Waals surface area contributed by atoms with Crippen LogP contribution in [0.5, 0.6) is 5.75 Å². The summed E-state index contributed by atoms with van der Waals surface area (Å²) in [6, 6.07) is 10.6. The molecule has 2 atom stereocenters. The Morgan fingerprint density at radius 3 is 2.60 bits per heavy atom. The summed E-state index contributed by atoms with van der Waals surface area (Å²) in [6.07, 6.45) is 5.34. The summed E-state index contributed by atoms with van der Waals surface area (Å²) < 4.78 is 6.00. The smallest absolute Gasteiger partial charge is 0.119 e. The average Bonchev–Trinajstić information content (AvgIpc) is 2.31. The largest absolute Gasteiger partial charge is 0.489 e. The zero-order valence-electron chi connectivity index (χ0n) is 9.28. The molecule has 0 bridgehead atoms. The second kappa shape index (κ2) is 5.17. The zero-order valence-corrected chi connectivity index (χ0v) is 9.28. The van der Waals surface area contributed by atoms with Crippen LogP contribution in [0.3, 0.4) is 0 Å². The summed E-state index contributed by atoms with van der Waals surface area (Å²) in [5.41, 5.74) is 0. The Bertz CT molecular complexity index is 286.